The van der Waals surface area contributed by atoms with Crippen molar-refractivity contribution in [2.24, 2.45) is 0 Å². The average molecular weight is 186 g/mol. The van der Waals surface area contributed by atoms with Gasteiger partial charge in [0.2, 0.25) is 0 Å². The maximum absolute atomic E-state index is 9.42. The Labute approximate surface area is 81.3 Å². The van der Waals surface area contributed by atoms with Crippen LogP contribution in [0.1, 0.15) is 46.0 Å². The first-order valence-electron chi connectivity index (χ1n) is 5.19. The minimum atomic E-state index is -0.328. The summed E-state index contributed by atoms with van der Waals surface area (Å²) >= 11 is 0. The molecule has 0 bridgehead atoms. The molecule has 0 unspecified atom stereocenters. The van der Waals surface area contributed by atoms with Crippen LogP contribution in [0.5, 0.6) is 0 Å². The maximum atomic E-state index is 9.42. The predicted octanol–water partition coefficient (Wildman–Crippen LogP) is 2.25. The van der Waals surface area contributed by atoms with Crippen molar-refractivity contribution in [2.75, 3.05) is 0 Å². The van der Waals surface area contributed by atoms with Gasteiger partial charge in [0.05, 0.1) is 12.2 Å². The molecule has 2 N–H and O–H groups in total. The third-order valence-corrected chi connectivity index (χ3v) is 1.94. The molecule has 13 heavy (non-hydrogen) atoms. The van der Waals surface area contributed by atoms with Crippen molar-refractivity contribution in [1.82, 2.24) is 0 Å². The lowest BCUT2D eigenvalue weighted by Crippen LogP contribution is -2.02. The molecule has 0 aromatic rings. The second kappa shape index (κ2) is 8.27. The number of aliphatic hydroxyl groups is 2. The summed E-state index contributed by atoms with van der Waals surface area (Å²) < 4.78 is 0. The monoisotopic (exact) mass is 186 g/mol. The highest BCUT2D eigenvalue weighted by atomic mass is 16.3. The maximum Gasteiger partial charge on any atom is 0.0720 e. The van der Waals surface area contributed by atoms with Crippen LogP contribution in [-0.4, -0.2) is 22.4 Å². The minimum absolute atomic E-state index is 0.306. The summed E-state index contributed by atoms with van der Waals surface area (Å²) in [5.41, 5.74) is 0. The number of rotatable bonds is 7. The van der Waals surface area contributed by atoms with E-state index in [1.165, 1.54) is 12.8 Å². The zero-order chi connectivity index (χ0) is 10.1. The van der Waals surface area contributed by atoms with Gasteiger partial charge in [-0.3, -0.25) is 0 Å². The van der Waals surface area contributed by atoms with E-state index in [1.807, 2.05) is 6.08 Å². The van der Waals surface area contributed by atoms with Gasteiger partial charge in [0.25, 0.3) is 0 Å². The summed E-state index contributed by atoms with van der Waals surface area (Å²) in [6, 6.07) is 0. The van der Waals surface area contributed by atoms with Gasteiger partial charge in [-0.2, -0.15) is 0 Å². The fourth-order valence-electron chi connectivity index (χ4n) is 1.13. The summed E-state index contributed by atoms with van der Waals surface area (Å²) in [7, 11) is 0. The van der Waals surface area contributed by atoms with Crippen LogP contribution in [0.2, 0.25) is 0 Å². The Kier molecular flexibility index (Phi) is 8.05. The molecular formula is C11H22O2. The predicted molar refractivity (Wildman–Crippen MR) is 55.6 cm³/mol. The highest BCUT2D eigenvalue weighted by Crippen LogP contribution is 2.04. The van der Waals surface area contributed by atoms with E-state index in [2.05, 4.69) is 6.92 Å². The van der Waals surface area contributed by atoms with E-state index in [9.17, 15) is 5.11 Å². The smallest absolute Gasteiger partial charge is 0.0720 e. The van der Waals surface area contributed by atoms with E-state index < -0.39 is 0 Å². The second-order valence-corrected chi connectivity index (χ2v) is 3.58. The Bertz CT molecular complexity index is 130. The minimum Gasteiger partial charge on any atom is -0.393 e. The Morgan fingerprint density at radius 3 is 2.46 bits per heavy atom. The molecule has 0 aromatic heterocycles. The van der Waals surface area contributed by atoms with Crippen molar-refractivity contribution in [3.63, 3.8) is 0 Å². The lowest BCUT2D eigenvalue weighted by atomic mass is 10.1. The summed E-state index contributed by atoms with van der Waals surface area (Å²) in [6.07, 6.45) is 7.91. The first-order chi connectivity index (χ1) is 6.16. The van der Waals surface area contributed by atoms with Crippen LogP contribution in [0.25, 0.3) is 0 Å². The lowest BCUT2D eigenvalue weighted by molar-refractivity contribution is 0.194. The van der Waals surface area contributed by atoms with Crippen molar-refractivity contribution >= 4 is 0 Å². The average Bonchev–Trinajstić information content (AvgIpc) is 2.04. The number of hydrogen-bond donors (Lipinski definition) is 2. The molecule has 0 aliphatic carbocycles. The Hall–Kier alpha value is -0.340. The van der Waals surface area contributed by atoms with Crippen molar-refractivity contribution in [3.05, 3.63) is 12.2 Å². The van der Waals surface area contributed by atoms with Crippen LogP contribution in [0, 0.1) is 0 Å². The summed E-state index contributed by atoms with van der Waals surface area (Å²) in [5, 5.41) is 18.4. The molecule has 0 amide bonds. The molecule has 0 aliphatic heterocycles. The number of aliphatic hydroxyl groups excluding tert-OH is 2. The first kappa shape index (κ1) is 12.7. The second-order valence-electron chi connectivity index (χ2n) is 3.58. The molecule has 0 fully saturated rings. The molecule has 0 radical (unpaired) electrons. The molecule has 2 nitrogen and oxygen atoms in total. The molecule has 0 aromatic carbocycles. The molecule has 2 atom stereocenters. The third-order valence-electron chi connectivity index (χ3n) is 1.94. The van der Waals surface area contributed by atoms with Crippen LogP contribution in [-0.2, 0) is 0 Å². The van der Waals surface area contributed by atoms with Crippen molar-refractivity contribution < 1.29 is 10.2 Å². The number of hydrogen-bond acceptors (Lipinski definition) is 2. The third kappa shape index (κ3) is 9.57. The van der Waals surface area contributed by atoms with Crippen LogP contribution >= 0.6 is 0 Å². The van der Waals surface area contributed by atoms with Crippen LogP contribution in [0.3, 0.4) is 0 Å². The van der Waals surface area contributed by atoms with E-state index in [4.69, 9.17) is 5.11 Å². The van der Waals surface area contributed by atoms with Crippen molar-refractivity contribution in [2.45, 2.75) is 58.2 Å². The molecule has 0 rings (SSSR count). The van der Waals surface area contributed by atoms with Gasteiger partial charge >= 0.3 is 0 Å². The zero-order valence-electron chi connectivity index (χ0n) is 8.74. The fraction of sp³-hybridized carbons (Fsp3) is 0.818. The van der Waals surface area contributed by atoms with Gasteiger partial charge in [-0.1, -0.05) is 38.3 Å². The highest BCUT2D eigenvalue weighted by molar-refractivity contribution is 4.89. The molecule has 0 saturated carbocycles. The zero-order valence-corrected chi connectivity index (χ0v) is 8.74. The van der Waals surface area contributed by atoms with Crippen molar-refractivity contribution in [1.29, 1.82) is 0 Å². The molecule has 0 aliphatic rings. The van der Waals surface area contributed by atoms with Crippen molar-refractivity contribution in [3.8, 4) is 0 Å². The number of unbranched alkanes of at least 4 members (excludes halogenated alkanes) is 2. The summed E-state index contributed by atoms with van der Waals surface area (Å²) in [6.45, 7) is 3.89. The highest BCUT2D eigenvalue weighted by Gasteiger charge is 1.98. The van der Waals surface area contributed by atoms with Gasteiger partial charge in [-0.15, -0.1) is 0 Å². The molecule has 0 spiro atoms. The van der Waals surface area contributed by atoms with E-state index in [1.54, 1.807) is 13.0 Å². The van der Waals surface area contributed by atoms with Crippen LogP contribution in [0.15, 0.2) is 12.2 Å². The molecular weight excluding hydrogens is 164 g/mol. The lowest BCUT2D eigenvalue weighted by Gasteiger charge is -2.04. The van der Waals surface area contributed by atoms with Gasteiger partial charge in [-0.25, -0.2) is 0 Å². The summed E-state index contributed by atoms with van der Waals surface area (Å²) in [5.74, 6) is 0. The van der Waals surface area contributed by atoms with E-state index in [-0.39, 0.29) is 12.2 Å². The topological polar surface area (TPSA) is 40.5 Å². The first-order valence-corrected chi connectivity index (χ1v) is 5.19. The van der Waals surface area contributed by atoms with E-state index in [0.29, 0.717) is 6.42 Å². The van der Waals surface area contributed by atoms with Gasteiger partial charge < -0.3 is 10.2 Å². The van der Waals surface area contributed by atoms with Crippen LogP contribution < -0.4 is 0 Å². The fourth-order valence-corrected chi connectivity index (χ4v) is 1.13. The summed E-state index contributed by atoms with van der Waals surface area (Å²) in [4.78, 5) is 0. The largest absolute Gasteiger partial charge is 0.393 e. The molecule has 0 heterocycles. The Balaban J connectivity index is 3.38. The Morgan fingerprint density at radius 1 is 1.23 bits per heavy atom. The van der Waals surface area contributed by atoms with Gasteiger partial charge in [-0.05, 0) is 19.8 Å². The molecule has 0 saturated heterocycles. The quantitative estimate of drug-likeness (QED) is 0.473. The standard InChI is InChI=1S/C11H22O2/c1-3-4-5-8-11(13)9-6-7-10(2)12/h6,9-13H,3-5,7-8H2,1-2H3/b9-6+/t10-,11+/m0/s1. The van der Waals surface area contributed by atoms with Gasteiger partial charge in [0, 0.05) is 0 Å². The van der Waals surface area contributed by atoms with Gasteiger partial charge in [0.1, 0.15) is 0 Å². The van der Waals surface area contributed by atoms with E-state index in [0.717, 1.165) is 12.8 Å². The normalized spacial score (nSPS) is 16.3. The molecule has 78 valence electrons. The van der Waals surface area contributed by atoms with E-state index >= 15 is 0 Å². The van der Waals surface area contributed by atoms with Crippen LogP contribution in [0.4, 0.5) is 0 Å². The molecule has 2 heteroatoms. The SMILES string of the molecule is CCCCC[C@@H](O)/C=C/C[C@H](C)O. The van der Waals surface area contributed by atoms with Gasteiger partial charge in [0.15, 0.2) is 0 Å². The Morgan fingerprint density at radius 2 is 1.92 bits per heavy atom.